The minimum atomic E-state index is -1.15. The molecule has 0 saturated carbocycles. The summed E-state index contributed by atoms with van der Waals surface area (Å²) in [4.78, 5) is 14.6. The first-order chi connectivity index (χ1) is 19.3. The van der Waals surface area contributed by atoms with Gasteiger partial charge in [-0.3, -0.25) is 0 Å². The van der Waals surface area contributed by atoms with Gasteiger partial charge in [0.25, 0.3) is 0 Å². The normalized spacial score (nSPS) is 11.2. The molecule has 0 unspecified atom stereocenters. The van der Waals surface area contributed by atoms with Gasteiger partial charge in [-0.05, 0) is 54.3 Å². The van der Waals surface area contributed by atoms with Crippen molar-refractivity contribution in [3.63, 3.8) is 0 Å². The highest BCUT2D eigenvalue weighted by atomic mass is 19.1. The maximum Gasteiger partial charge on any atom is 0.335 e. The molecule has 2 aromatic heterocycles. The number of nitrogens with zero attached hydrogens (tertiary/aromatic N) is 1. The number of aromatic nitrogens is 2. The Labute approximate surface area is 227 Å². The summed E-state index contributed by atoms with van der Waals surface area (Å²) in [7, 11) is 0. The average molecular weight is 551 g/mol. The van der Waals surface area contributed by atoms with Gasteiger partial charge in [0.1, 0.15) is 36.2 Å². The first kappa shape index (κ1) is 26.9. The van der Waals surface area contributed by atoms with Crippen molar-refractivity contribution < 1.29 is 37.1 Å². The lowest BCUT2D eigenvalue weighted by Crippen LogP contribution is -2.06. The van der Waals surface area contributed by atoms with Gasteiger partial charge in [0.05, 0.1) is 11.1 Å². The molecule has 0 radical (unpaired) electrons. The van der Waals surface area contributed by atoms with E-state index in [1.165, 1.54) is 0 Å². The Hall–Kier alpha value is -4.73. The number of ether oxygens (including phenoxy) is 2. The molecule has 0 aliphatic heterocycles. The molecule has 7 nitrogen and oxygen atoms in total. The van der Waals surface area contributed by atoms with E-state index in [1.54, 1.807) is 24.3 Å². The van der Waals surface area contributed by atoms with Crippen molar-refractivity contribution in [2.45, 2.75) is 39.4 Å². The van der Waals surface area contributed by atoms with Gasteiger partial charge in [-0.25, -0.2) is 18.0 Å². The van der Waals surface area contributed by atoms with E-state index in [2.05, 4.69) is 10.1 Å². The van der Waals surface area contributed by atoms with Gasteiger partial charge in [0.2, 0.25) is 0 Å². The quantitative estimate of drug-likeness (QED) is 0.184. The van der Waals surface area contributed by atoms with E-state index in [9.17, 15) is 23.1 Å². The Morgan fingerprint density at radius 2 is 1.82 bits per heavy atom. The number of halogens is 3. The molecule has 2 heterocycles. The number of carbonyl (C=O) groups is 1. The number of carboxylic acids is 1. The summed E-state index contributed by atoms with van der Waals surface area (Å²) in [5.74, 6) is -3.89. The van der Waals surface area contributed by atoms with Crippen LogP contribution in [0.1, 0.15) is 51.8 Å². The minimum absolute atomic E-state index is 0.0673. The number of hydrogen-bond donors (Lipinski definition) is 2. The van der Waals surface area contributed by atoms with Crippen LogP contribution in [0.3, 0.4) is 0 Å². The summed E-state index contributed by atoms with van der Waals surface area (Å²) < 4.78 is 58.1. The second-order valence-corrected chi connectivity index (χ2v) is 9.26. The van der Waals surface area contributed by atoms with E-state index >= 15 is 0 Å². The zero-order valence-electron chi connectivity index (χ0n) is 21.5. The number of aromatic amines is 1. The fourth-order valence-electron chi connectivity index (χ4n) is 4.47. The molecule has 0 spiro atoms. The summed E-state index contributed by atoms with van der Waals surface area (Å²) in [5, 5.41) is 14.2. The van der Waals surface area contributed by atoms with Crippen molar-refractivity contribution in [3.8, 4) is 11.5 Å². The summed E-state index contributed by atoms with van der Waals surface area (Å²) >= 11 is 0. The average Bonchev–Trinajstić information content (AvgIpc) is 3.50. The Morgan fingerprint density at radius 3 is 2.58 bits per heavy atom. The van der Waals surface area contributed by atoms with Crippen molar-refractivity contribution in [2.24, 2.45) is 0 Å². The number of fused-ring (bicyclic) bond motifs is 1. The Balaban J connectivity index is 1.34. The molecule has 3 aromatic carbocycles. The molecule has 40 heavy (non-hydrogen) atoms. The van der Waals surface area contributed by atoms with Gasteiger partial charge in [-0.1, -0.05) is 24.2 Å². The third-order valence-electron chi connectivity index (χ3n) is 6.43. The van der Waals surface area contributed by atoms with Gasteiger partial charge < -0.3 is 24.1 Å². The molecular weight excluding hydrogens is 525 g/mol. The predicted octanol–water partition coefficient (Wildman–Crippen LogP) is 6.97. The fraction of sp³-hybridized carbons (Fsp3) is 0.200. The highest BCUT2D eigenvalue weighted by molar-refractivity contribution is 5.88. The molecule has 0 fully saturated rings. The molecule has 0 amide bonds. The standard InChI is InChI=1S/C30H25F3N2O5/c1-2-4-28-23(27(35-40-28)16-39-29-24(32)11-20(31)12-25(29)33)15-38-21-7-8-26-22(13-21)19(14-34-26)10-17-5-3-6-18(9-17)30(36)37/h3,5-9,11-14,34H,2,4,10,15-16H2,1H3,(H,36,37). The molecule has 0 aliphatic rings. The van der Waals surface area contributed by atoms with Gasteiger partial charge in [-0.2, -0.15) is 0 Å². The zero-order valence-corrected chi connectivity index (χ0v) is 21.5. The van der Waals surface area contributed by atoms with Crippen molar-refractivity contribution in [1.82, 2.24) is 10.1 Å². The topological polar surface area (TPSA) is 97.6 Å². The summed E-state index contributed by atoms with van der Waals surface area (Å²) in [5.41, 5.74) is 3.86. The molecule has 5 aromatic rings. The minimum Gasteiger partial charge on any atom is -0.489 e. The van der Waals surface area contributed by atoms with Crippen LogP contribution in [-0.2, 0) is 26.1 Å². The molecule has 206 valence electrons. The van der Waals surface area contributed by atoms with E-state index in [0.717, 1.165) is 28.5 Å². The number of H-pyrrole nitrogens is 1. The molecule has 0 bridgehead atoms. The number of hydrogen-bond acceptors (Lipinski definition) is 5. The number of benzene rings is 3. The Kier molecular flexibility index (Phi) is 7.77. The predicted molar refractivity (Wildman–Crippen MR) is 140 cm³/mol. The third-order valence-corrected chi connectivity index (χ3v) is 6.43. The Morgan fingerprint density at radius 1 is 1.02 bits per heavy atom. The maximum absolute atomic E-state index is 14.0. The van der Waals surface area contributed by atoms with Crippen LogP contribution in [0, 0.1) is 17.5 Å². The number of aromatic carboxylic acids is 1. The second-order valence-electron chi connectivity index (χ2n) is 9.26. The van der Waals surface area contributed by atoms with Crippen LogP contribution in [-0.4, -0.2) is 21.2 Å². The summed E-state index contributed by atoms with van der Waals surface area (Å²) in [6.07, 6.45) is 3.74. The molecule has 0 aliphatic carbocycles. The van der Waals surface area contributed by atoms with E-state index in [-0.39, 0.29) is 18.8 Å². The van der Waals surface area contributed by atoms with Crippen molar-refractivity contribution in [1.29, 1.82) is 0 Å². The largest absolute Gasteiger partial charge is 0.489 e. The van der Waals surface area contributed by atoms with Crippen LogP contribution in [0.15, 0.2) is 65.3 Å². The molecule has 10 heteroatoms. The van der Waals surface area contributed by atoms with Crippen molar-refractivity contribution in [3.05, 3.63) is 112 Å². The molecule has 5 rings (SSSR count). The van der Waals surface area contributed by atoms with Crippen LogP contribution in [0.5, 0.6) is 11.5 Å². The first-order valence-electron chi connectivity index (χ1n) is 12.6. The number of aryl methyl sites for hydroxylation is 1. The van der Waals surface area contributed by atoms with Gasteiger partial charge >= 0.3 is 5.97 Å². The van der Waals surface area contributed by atoms with Crippen LogP contribution < -0.4 is 9.47 Å². The molecule has 0 atom stereocenters. The number of rotatable bonds is 11. The van der Waals surface area contributed by atoms with Gasteiger partial charge in [-0.15, -0.1) is 0 Å². The lowest BCUT2D eigenvalue weighted by atomic mass is 10.0. The lowest BCUT2D eigenvalue weighted by Gasteiger charge is -2.10. The number of nitrogens with one attached hydrogen (secondary N) is 1. The maximum atomic E-state index is 14.0. The van der Waals surface area contributed by atoms with Crippen LogP contribution >= 0.6 is 0 Å². The highest BCUT2D eigenvalue weighted by Crippen LogP contribution is 2.29. The summed E-state index contributed by atoms with van der Waals surface area (Å²) in [6.45, 7) is 1.74. The van der Waals surface area contributed by atoms with Gasteiger partial charge in [0.15, 0.2) is 17.4 Å². The fourth-order valence-corrected chi connectivity index (χ4v) is 4.47. The van der Waals surface area contributed by atoms with E-state index in [0.29, 0.717) is 47.7 Å². The second kappa shape index (κ2) is 11.6. The van der Waals surface area contributed by atoms with Gasteiger partial charge in [0, 0.05) is 35.7 Å². The van der Waals surface area contributed by atoms with E-state index in [1.807, 2.05) is 31.3 Å². The van der Waals surface area contributed by atoms with Crippen molar-refractivity contribution >= 4 is 16.9 Å². The Bertz CT molecular complexity index is 1650. The van der Waals surface area contributed by atoms with Crippen LogP contribution in [0.4, 0.5) is 13.2 Å². The summed E-state index contributed by atoms with van der Waals surface area (Å²) in [6, 6.07) is 13.5. The van der Waals surface area contributed by atoms with Crippen LogP contribution in [0.25, 0.3) is 10.9 Å². The van der Waals surface area contributed by atoms with E-state index in [4.69, 9.17) is 14.0 Å². The number of carboxylic acid groups (broad SMARTS) is 1. The molecular formula is C30H25F3N2O5. The van der Waals surface area contributed by atoms with E-state index < -0.39 is 29.2 Å². The van der Waals surface area contributed by atoms with Crippen molar-refractivity contribution in [2.75, 3.05) is 0 Å². The lowest BCUT2D eigenvalue weighted by molar-refractivity contribution is 0.0696. The smallest absolute Gasteiger partial charge is 0.335 e. The third kappa shape index (κ3) is 5.80. The molecule has 2 N–H and O–H groups in total. The molecule has 0 saturated heterocycles. The zero-order chi connectivity index (χ0) is 28.2. The monoisotopic (exact) mass is 550 g/mol. The highest BCUT2D eigenvalue weighted by Gasteiger charge is 2.20. The first-order valence-corrected chi connectivity index (χ1v) is 12.6. The SMILES string of the molecule is CCCc1onc(COc2c(F)cc(F)cc2F)c1COc1ccc2[nH]cc(Cc3cccc(C(=O)O)c3)c2c1. The van der Waals surface area contributed by atoms with Crippen LogP contribution in [0.2, 0.25) is 0 Å².